The number of imide groups is 1. The highest BCUT2D eigenvalue weighted by atomic mass is 35.5. The minimum absolute atomic E-state index is 0.120. The number of halogens is 1. The van der Waals surface area contributed by atoms with Gasteiger partial charge in [-0.15, -0.1) is 0 Å². The van der Waals surface area contributed by atoms with Gasteiger partial charge < -0.3 is 10.2 Å². The summed E-state index contributed by atoms with van der Waals surface area (Å²) in [7, 11) is 0. The van der Waals surface area contributed by atoms with Crippen molar-refractivity contribution < 1.29 is 14.4 Å². The zero-order valence-electron chi connectivity index (χ0n) is 14.6. The van der Waals surface area contributed by atoms with Crippen molar-refractivity contribution in [2.45, 2.75) is 32.4 Å². The molecule has 0 fully saturated rings. The summed E-state index contributed by atoms with van der Waals surface area (Å²) in [5.41, 5.74) is 0.843. The largest absolute Gasteiger partial charge is 0.389 e. The van der Waals surface area contributed by atoms with Crippen LogP contribution in [0.25, 0.3) is 10.8 Å². The zero-order valence-corrected chi connectivity index (χ0v) is 15.4. The van der Waals surface area contributed by atoms with Gasteiger partial charge in [-0.1, -0.05) is 53.2 Å². The minimum atomic E-state index is -0.581. The molecule has 2 aromatic rings. The lowest BCUT2D eigenvalue weighted by atomic mass is 10.1. The van der Waals surface area contributed by atoms with E-state index in [-0.39, 0.29) is 18.4 Å². The number of carbonyl (C=O) groups excluding carboxylic acids is 2. The molecule has 26 heavy (non-hydrogen) atoms. The molecule has 2 aromatic carbocycles. The van der Waals surface area contributed by atoms with E-state index in [1.807, 2.05) is 42.5 Å². The van der Waals surface area contributed by atoms with Crippen LogP contribution in [0.5, 0.6) is 0 Å². The third-order valence-electron chi connectivity index (χ3n) is 4.26. The first-order chi connectivity index (χ1) is 12.5. The number of fused-ring (bicyclic) bond motifs is 1. The van der Waals surface area contributed by atoms with Crippen molar-refractivity contribution in [3.8, 4) is 0 Å². The zero-order chi connectivity index (χ0) is 18.7. The van der Waals surface area contributed by atoms with Gasteiger partial charge >= 0.3 is 0 Å². The predicted molar refractivity (Wildman–Crippen MR) is 102 cm³/mol. The Kier molecular flexibility index (Phi) is 5.42. The van der Waals surface area contributed by atoms with E-state index < -0.39 is 12.1 Å². The van der Waals surface area contributed by atoms with E-state index in [1.165, 1.54) is 11.8 Å². The molecule has 0 bridgehead atoms. The molecule has 2 amide bonds. The van der Waals surface area contributed by atoms with Gasteiger partial charge in [0.15, 0.2) is 6.10 Å². The van der Waals surface area contributed by atoms with Gasteiger partial charge in [-0.25, -0.2) is 0 Å². The molecule has 136 valence electrons. The number of nitrogens with one attached hydrogen (secondary N) is 1. The van der Waals surface area contributed by atoms with Crippen molar-refractivity contribution in [1.82, 2.24) is 4.90 Å². The van der Waals surface area contributed by atoms with Crippen molar-refractivity contribution in [3.05, 3.63) is 42.5 Å². The Balaban J connectivity index is 1.73. The van der Waals surface area contributed by atoms with Gasteiger partial charge in [0.25, 0.3) is 5.91 Å². The highest BCUT2D eigenvalue weighted by Crippen LogP contribution is 2.24. The van der Waals surface area contributed by atoms with E-state index in [0.29, 0.717) is 11.6 Å². The first-order valence-electron chi connectivity index (χ1n) is 8.40. The van der Waals surface area contributed by atoms with Crippen LogP contribution in [-0.2, 0) is 14.4 Å². The highest BCUT2D eigenvalue weighted by molar-refractivity contribution is 6.65. The lowest BCUT2D eigenvalue weighted by molar-refractivity contribution is -0.145. The molecule has 1 heterocycles. The molecule has 1 aliphatic heterocycles. The van der Waals surface area contributed by atoms with E-state index >= 15 is 0 Å². The van der Waals surface area contributed by atoms with E-state index in [2.05, 4.69) is 10.5 Å². The lowest BCUT2D eigenvalue weighted by Gasteiger charge is -2.26. The number of rotatable bonds is 5. The molecule has 1 aliphatic rings. The summed E-state index contributed by atoms with van der Waals surface area (Å²) in [4.78, 5) is 31.1. The first-order valence-corrected chi connectivity index (χ1v) is 8.78. The summed E-state index contributed by atoms with van der Waals surface area (Å²) >= 11 is 5.80. The number of hydrogen-bond donors (Lipinski definition) is 1. The second kappa shape index (κ2) is 7.74. The van der Waals surface area contributed by atoms with Crippen molar-refractivity contribution in [1.29, 1.82) is 0 Å². The van der Waals surface area contributed by atoms with Gasteiger partial charge in [0.2, 0.25) is 5.91 Å². The summed E-state index contributed by atoms with van der Waals surface area (Å²) in [6.07, 6.45) is -0.0101. The average Bonchev–Trinajstić information content (AvgIpc) is 3.04. The minimum Gasteiger partial charge on any atom is -0.389 e. The fraction of sp³-hybridized carbons (Fsp3) is 0.316. The molecule has 6 nitrogen and oxygen atoms in total. The van der Waals surface area contributed by atoms with E-state index in [4.69, 9.17) is 16.4 Å². The van der Waals surface area contributed by atoms with Crippen LogP contribution in [0.4, 0.5) is 5.69 Å². The monoisotopic (exact) mass is 373 g/mol. The van der Waals surface area contributed by atoms with Gasteiger partial charge in [-0.3, -0.25) is 14.5 Å². The SMILES string of the molecule is CC(=O)N(CC1CC(Cl)=NO1)C(=O)[C@H](C)Nc1cccc2ccccc12. The van der Waals surface area contributed by atoms with Crippen molar-refractivity contribution in [3.63, 3.8) is 0 Å². The quantitative estimate of drug-likeness (QED) is 0.872. The van der Waals surface area contributed by atoms with E-state index in [9.17, 15) is 9.59 Å². The third-order valence-corrected chi connectivity index (χ3v) is 4.48. The van der Waals surface area contributed by atoms with Gasteiger partial charge in [-0.2, -0.15) is 0 Å². The maximum Gasteiger partial charge on any atom is 0.251 e. The Morgan fingerprint density at radius 1 is 1.31 bits per heavy atom. The molecule has 0 saturated carbocycles. The molecular weight excluding hydrogens is 354 g/mol. The van der Waals surface area contributed by atoms with Crippen LogP contribution in [0.15, 0.2) is 47.6 Å². The summed E-state index contributed by atoms with van der Waals surface area (Å²) in [6, 6.07) is 13.2. The standard InChI is InChI=1S/C19H20ClN3O3/c1-12(21-17-9-5-7-14-6-3-4-8-16(14)17)19(25)23(13(2)24)11-15-10-18(20)22-26-15/h3-9,12,15,21H,10-11H2,1-2H3/t12-,15?/m0/s1. The number of oxime groups is 1. The lowest BCUT2D eigenvalue weighted by Crippen LogP contribution is -2.47. The topological polar surface area (TPSA) is 71.0 Å². The van der Waals surface area contributed by atoms with Crippen molar-refractivity contribution in [2.24, 2.45) is 5.16 Å². The molecule has 0 radical (unpaired) electrons. The molecule has 1 N–H and O–H groups in total. The van der Waals surface area contributed by atoms with Gasteiger partial charge in [-0.05, 0) is 18.4 Å². The van der Waals surface area contributed by atoms with Crippen LogP contribution >= 0.6 is 11.6 Å². The van der Waals surface area contributed by atoms with Crippen molar-refractivity contribution >= 4 is 45.0 Å². The van der Waals surface area contributed by atoms with Crippen LogP contribution in [0.1, 0.15) is 20.3 Å². The third kappa shape index (κ3) is 3.96. The molecule has 0 aromatic heterocycles. The van der Waals surface area contributed by atoms with Gasteiger partial charge in [0, 0.05) is 24.4 Å². The Labute approximate surface area is 156 Å². The summed E-state index contributed by atoms with van der Waals surface area (Å²) < 4.78 is 0. The maximum absolute atomic E-state index is 12.8. The second-order valence-corrected chi connectivity index (χ2v) is 6.70. The van der Waals surface area contributed by atoms with Crippen LogP contribution in [0.3, 0.4) is 0 Å². The number of carbonyl (C=O) groups is 2. The fourth-order valence-corrected chi connectivity index (χ4v) is 3.16. The Bertz CT molecular complexity index is 863. The molecule has 1 unspecified atom stereocenters. The van der Waals surface area contributed by atoms with E-state index in [0.717, 1.165) is 16.5 Å². The number of hydrogen-bond acceptors (Lipinski definition) is 5. The van der Waals surface area contributed by atoms with Crippen LogP contribution < -0.4 is 5.32 Å². The molecule has 2 atom stereocenters. The Hall–Kier alpha value is -2.60. The smallest absolute Gasteiger partial charge is 0.251 e. The molecule has 0 spiro atoms. The molecule has 3 rings (SSSR count). The highest BCUT2D eigenvalue weighted by Gasteiger charge is 2.30. The second-order valence-electron chi connectivity index (χ2n) is 6.26. The first kappa shape index (κ1) is 18.2. The fourth-order valence-electron chi connectivity index (χ4n) is 2.95. The molecular formula is C19H20ClN3O3. The Morgan fingerprint density at radius 2 is 2.04 bits per heavy atom. The van der Waals surface area contributed by atoms with E-state index in [1.54, 1.807) is 6.92 Å². The maximum atomic E-state index is 12.8. The van der Waals surface area contributed by atoms with Crippen molar-refractivity contribution in [2.75, 3.05) is 11.9 Å². The number of nitrogens with zero attached hydrogens (tertiary/aromatic N) is 2. The number of benzene rings is 2. The molecule has 7 heteroatoms. The van der Waals surface area contributed by atoms with Gasteiger partial charge in [0.1, 0.15) is 11.2 Å². The van der Waals surface area contributed by atoms with Gasteiger partial charge in [0.05, 0.1) is 6.54 Å². The average molecular weight is 374 g/mol. The normalized spacial score (nSPS) is 17.3. The summed E-state index contributed by atoms with van der Waals surface area (Å²) in [5.74, 6) is -0.662. The molecule has 0 aliphatic carbocycles. The summed E-state index contributed by atoms with van der Waals surface area (Å²) in [6.45, 7) is 3.22. The number of amides is 2. The number of anilines is 1. The van der Waals surface area contributed by atoms with Crippen LogP contribution in [0, 0.1) is 0 Å². The Morgan fingerprint density at radius 3 is 2.73 bits per heavy atom. The van der Waals surface area contributed by atoms with Crippen LogP contribution in [-0.4, -0.2) is 40.6 Å². The predicted octanol–water partition coefficient (Wildman–Crippen LogP) is 3.36. The van der Waals surface area contributed by atoms with Crippen LogP contribution in [0.2, 0.25) is 0 Å². The molecule has 0 saturated heterocycles. The summed E-state index contributed by atoms with van der Waals surface area (Å²) in [5, 5.41) is 9.30.